The Morgan fingerprint density at radius 1 is 1.46 bits per heavy atom. The van der Waals surface area contributed by atoms with Crippen molar-refractivity contribution < 1.29 is 14.3 Å². The third-order valence-corrected chi connectivity index (χ3v) is 4.48. The Kier molecular flexibility index (Phi) is 4.21. The normalized spacial score (nSPS) is 14.9. The molecule has 0 aromatic carbocycles. The minimum absolute atomic E-state index is 0.153. The summed E-state index contributed by atoms with van der Waals surface area (Å²) in [5, 5.41) is 17.8. The number of imidazole rings is 1. The molecule has 26 heavy (non-hydrogen) atoms. The Morgan fingerprint density at radius 2 is 2.35 bits per heavy atom. The van der Waals surface area contributed by atoms with Crippen LogP contribution in [0, 0.1) is 0 Å². The first-order valence-electron chi connectivity index (χ1n) is 8.39. The number of aryl methyl sites for hydroxylation is 1. The maximum Gasteiger partial charge on any atom is 0.318 e. The number of nitrogens with one attached hydrogen (secondary N) is 1. The second kappa shape index (κ2) is 6.68. The second-order valence-electron chi connectivity index (χ2n) is 6.24. The molecule has 1 unspecified atom stereocenters. The molecule has 3 aromatic heterocycles. The second-order valence-corrected chi connectivity index (χ2v) is 6.24. The molecule has 2 N–H and O–H groups in total. The molecule has 9 heteroatoms. The SMILES string of the molecule is Cn1ccnc1C(O)c1cc2n(n1)CCN(C(=O)NCc1ccco1)C2. The summed E-state index contributed by atoms with van der Waals surface area (Å²) < 4.78 is 8.81. The van der Waals surface area contributed by atoms with E-state index in [1.165, 1.54) is 0 Å². The number of hydrogen-bond acceptors (Lipinski definition) is 5. The summed E-state index contributed by atoms with van der Waals surface area (Å²) in [4.78, 5) is 18.2. The molecule has 0 spiro atoms. The Balaban J connectivity index is 1.43. The molecule has 0 saturated carbocycles. The van der Waals surface area contributed by atoms with Crippen LogP contribution in [0.2, 0.25) is 0 Å². The lowest BCUT2D eigenvalue weighted by molar-refractivity contribution is 0.178. The number of rotatable bonds is 4. The highest BCUT2D eigenvalue weighted by atomic mass is 16.3. The molecule has 136 valence electrons. The molecule has 3 aromatic rings. The number of hydrogen-bond donors (Lipinski definition) is 2. The summed E-state index contributed by atoms with van der Waals surface area (Å²) in [6.45, 7) is 1.92. The van der Waals surface area contributed by atoms with E-state index in [2.05, 4.69) is 15.4 Å². The first kappa shape index (κ1) is 16.4. The number of furan rings is 1. The van der Waals surface area contributed by atoms with E-state index < -0.39 is 6.10 Å². The van der Waals surface area contributed by atoms with Crippen LogP contribution in [-0.2, 0) is 26.7 Å². The molecule has 0 aliphatic carbocycles. The largest absolute Gasteiger partial charge is 0.467 e. The lowest BCUT2D eigenvalue weighted by Gasteiger charge is -2.27. The number of nitrogens with zero attached hydrogens (tertiary/aromatic N) is 5. The van der Waals surface area contributed by atoms with Crippen molar-refractivity contribution in [1.29, 1.82) is 0 Å². The van der Waals surface area contributed by atoms with Gasteiger partial charge in [0.15, 0.2) is 6.10 Å². The minimum Gasteiger partial charge on any atom is -0.467 e. The lowest BCUT2D eigenvalue weighted by atomic mass is 10.2. The monoisotopic (exact) mass is 356 g/mol. The Morgan fingerprint density at radius 3 is 3.08 bits per heavy atom. The fourth-order valence-corrected chi connectivity index (χ4v) is 3.06. The molecule has 4 rings (SSSR count). The summed E-state index contributed by atoms with van der Waals surface area (Å²) in [6.07, 6.45) is 4.10. The molecule has 9 nitrogen and oxygen atoms in total. The van der Waals surface area contributed by atoms with Crippen LogP contribution in [0.3, 0.4) is 0 Å². The molecule has 0 bridgehead atoms. The van der Waals surface area contributed by atoms with E-state index in [1.54, 1.807) is 34.2 Å². The van der Waals surface area contributed by atoms with Gasteiger partial charge in [0.2, 0.25) is 0 Å². The van der Waals surface area contributed by atoms with Crippen LogP contribution in [0.15, 0.2) is 41.3 Å². The van der Waals surface area contributed by atoms with Crippen LogP contribution in [0.5, 0.6) is 0 Å². The van der Waals surface area contributed by atoms with Crippen molar-refractivity contribution in [2.75, 3.05) is 6.54 Å². The number of aromatic nitrogens is 4. The van der Waals surface area contributed by atoms with Gasteiger partial charge in [-0.25, -0.2) is 9.78 Å². The van der Waals surface area contributed by atoms with E-state index in [-0.39, 0.29) is 6.03 Å². The predicted octanol–water partition coefficient (Wildman–Crippen LogP) is 1.02. The number of urea groups is 1. The van der Waals surface area contributed by atoms with E-state index in [4.69, 9.17) is 4.42 Å². The first-order valence-corrected chi connectivity index (χ1v) is 8.39. The summed E-state index contributed by atoms with van der Waals surface area (Å²) in [5.74, 6) is 1.24. The van der Waals surface area contributed by atoms with E-state index in [9.17, 15) is 9.90 Å². The van der Waals surface area contributed by atoms with Crippen molar-refractivity contribution >= 4 is 6.03 Å². The zero-order valence-corrected chi connectivity index (χ0v) is 14.4. The highest BCUT2D eigenvalue weighted by Gasteiger charge is 2.25. The Hall–Kier alpha value is -3.07. The van der Waals surface area contributed by atoms with E-state index in [0.29, 0.717) is 43.5 Å². The number of aliphatic hydroxyl groups excluding tert-OH is 1. The Labute approximate surface area is 149 Å². The van der Waals surface area contributed by atoms with Gasteiger partial charge in [0.05, 0.1) is 37.3 Å². The molecule has 1 aliphatic rings. The third kappa shape index (κ3) is 3.08. The van der Waals surface area contributed by atoms with Gasteiger partial charge in [-0.2, -0.15) is 5.10 Å². The molecule has 0 radical (unpaired) electrons. The zero-order chi connectivity index (χ0) is 18.1. The van der Waals surface area contributed by atoms with Gasteiger partial charge in [0.1, 0.15) is 11.6 Å². The Bertz CT molecular complexity index is 898. The van der Waals surface area contributed by atoms with E-state index in [1.807, 2.05) is 23.9 Å². The summed E-state index contributed by atoms with van der Waals surface area (Å²) >= 11 is 0. The quantitative estimate of drug-likeness (QED) is 0.727. The molecule has 1 atom stereocenters. The molecule has 4 heterocycles. The van der Waals surface area contributed by atoms with Gasteiger partial charge in [-0.05, 0) is 18.2 Å². The van der Waals surface area contributed by atoms with Crippen molar-refractivity contribution in [3.63, 3.8) is 0 Å². The molecule has 0 fully saturated rings. The average Bonchev–Trinajstić information content (AvgIpc) is 3.38. The van der Waals surface area contributed by atoms with E-state index in [0.717, 1.165) is 5.69 Å². The zero-order valence-electron chi connectivity index (χ0n) is 14.4. The highest BCUT2D eigenvalue weighted by molar-refractivity contribution is 5.74. The summed E-state index contributed by atoms with van der Waals surface area (Å²) in [5.41, 5.74) is 1.42. The topological polar surface area (TPSA) is 101 Å². The maximum absolute atomic E-state index is 12.4. The van der Waals surface area contributed by atoms with Gasteiger partial charge >= 0.3 is 6.03 Å². The van der Waals surface area contributed by atoms with Crippen molar-refractivity contribution in [3.05, 3.63) is 59.8 Å². The lowest BCUT2D eigenvalue weighted by Crippen LogP contribution is -2.43. The van der Waals surface area contributed by atoms with Gasteiger partial charge in [0.25, 0.3) is 0 Å². The van der Waals surface area contributed by atoms with Crippen molar-refractivity contribution in [1.82, 2.24) is 29.5 Å². The highest BCUT2D eigenvalue weighted by Crippen LogP contribution is 2.22. The van der Waals surface area contributed by atoms with Crippen LogP contribution in [-0.4, -0.2) is 41.9 Å². The maximum atomic E-state index is 12.4. The van der Waals surface area contributed by atoms with Gasteiger partial charge in [-0.3, -0.25) is 4.68 Å². The van der Waals surface area contributed by atoms with Crippen LogP contribution in [0.1, 0.15) is 29.1 Å². The number of amides is 2. The number of aliphatic hydroxyl groups is 1. The van der Waals surface area contributed by atoms with Crippen molar-refractivity contribution in [2.45, 2.75) is 25.7 Å². The fraction of sp³-hybridized carbons (Fsp3) is 0.353. The minimum atomic E-state index is -0.894. The van der Waals surface area contributed by atoms with Crippen LogP contribution in [0.4, 0.5) is 4.79 Å². The predicted molar refractivity (Wildman–Crippen MR) is 90.9 cm³/mol. The summed E-state index contributed by atoms with van der Waals surface area (Å²) in [6, 6.07) is 5.28. The third-order valence-electron chi connectivity index (χ3n) is 4.48. The standard InChI is InChI=1S/C17H20N6O3/c1-21-5-4-18-16(21)15(24)14-9-12-11-22(6-7-23(12)20-14)17(25)19-10-13-3-2-8-26-13/h2-5,8-9,15,24H,6-7,10-11H2,1H3,(H,19,25). The van der Waals surface area contributed by atoms with Crippen LogP contribution < -0.4 is 5.32 Å². The number of carbonyl (C=O) groups excluding carboxylic acids is 1. The number of carbonyl (C=O) groups is 1. The van der Waals surface area contributed by atoms with Crippen LogP contribution >= 0.6 is 0 Å². The van der Waals surface area contributed by atoms with E-state index >= 15 is 0 Å². The molecule has 0 saturated heterocycles. The smallest absolute Gasteiger partial charge is 0.318 e. The van der Waals surface area contributed by atoms with Gasteiger partial charge in [-0.1, -0.05) is 0 Å². The average molecular weight is 356 g/mol. The van der Waals surface area contributed by atoms with Gasteiger partial charge < -0.3 is 24.3 Å². The molecular weight excluding hydrogens is 336 g/mol. The number of fused-ring (bicyclic) bond motifs is 1. The summed E-state index contributed by atoms with van der Waals surface area (Å²) in [7, 11) is 1.83. The molecule has 2 amide bonds. The molecule has 1 aliphatic heterocycles. The van der Waals surface area contributed by atoms with Gasteiger partial charge in [-0.15, -0.1) is 0 Å². The van der Waals surface area contributed by atoms with Crippen molar-refractivity contribution in [2.24, 2.45) is 7.05 Å². The van der Waals surface area contributed by atoms with Gasteiger partial charge in [0, 0.05) is 26.0 Å². The first-order chi connectivity index (χ1) is 12.6. The van der Waals surface area contributed by atoms with Crippen LogP contribution in [0.25, 0.3) is 0 Å². The fourth-order valence-electron chi connectivity index (χ4n) is 3.06. The molecular formula is C17H20N6O3. The van der Waals surface area contributed by atoms with Crippen molar-refractivity contribution in [3.8, 4) is 0 Å².